The summed E-state index contributed by atoms with van der Waals surface area (Å²) in [4.78, 5) is 119. The zero-order valence-electron chi connectivity index (χ0n) is 42.2. The first-order chi connectivity index (χ1) is 34.7. The lowest BCUT2D eigenvalue weighted by atomic mass is 9.94. The van der Waals surface area contributed by atoms with E-state index in [1.807, 2.05) is 78.9 Å². The first kappa shape index (κ1) is 60.5. The number of carbonyl (C=O) groups excluding carboxylic acids is 6. The molecule has 1 aromatic heterocycles. The van der Waals surface area contributed by atoms with Gasteiger partial charge in [0.1, 0.15) is 36.3 Å². The van der Waals surface area contributed by atoms with Crippen molar-refractivity contribution >= 4 is 64.3 Å². The van der Waals surface area contributed by atoms with Crippen LogP contribution in [0.3, 0.4) is 0 Å². The van der Waals surface area contributed by atoms with Gasteiger partial charge in [-0.2, -0.15) is 13.2 Å². The van der Waals surface area contributed by atoms with E-state index in [0.29, 0.717) is 18.4 Å². The minimum Gasteiger partial charge on any atom is -0.481 e. The molecule has 0 unspecified atom stereocenters. The van der Waals surface area contributed by atoms with Crippen LogP contribution in [-0.2, 0) is 56.0 Å². The predicted molar refractivity (Wildman–Crippen MR) is 267 cm³/mol. The molecule has 1 heterocycles. The lowest BCUT2D eigenvalue weighted by molar-refractivity contribution is -0.192. The molecule has 0 saturated carbocycles. The number of hydrogen-bond acceptors (Lipinski definition) is 9. The maximum atomic E-state index is 14.1. The van der Waals surface area contributed by atoms with Gasteiger partial charge in [-0.15, -0.1) is 0 Å². The first-order valence-electron chi connectivity index (χ1n) is 24.0. The van der Waals surface area contributed by atoms with Crippen molar-refractivity contribution in [1.29, 1.82) is 0 Å². The van der Waals surface area contributed by atoms with Crippen LogP contribution in [0.1, 0.15) is 85.3 Å². The summed E-state index contributed by atoms with van der Waals surface area (Å²) in [6.45, 7) is 11.8. The molecule has 22 heteroatoms. The standard InChI is InChI=1S/C50H65N7O10.C2HF3O2/c1-8-29(5)43(48(64)55-41(50(66)67)25-35-27-51-37-18-14-13-17-36(35)37)57-49(65)44(30(6)9-2)56-47(63)40(26-42(59)60)54-45(61)38(23-28(3)4)53-46(62)39(52-31(7)58)24-32-19-21-34(22-20-32)33-15-11-10-12-16-33;3-2(4,5)1(6)7/h10-22,27-30,38-41,43-44,51H,8-9,23-26H2,1-7H3,(H,52,58)(H,53,62)(H,54,61)(H,55,64)(H,56,63)(H,57,65)(H,59,60)(H,66,67);(H,6,7)/t29-,30-,38-,39+,40-,41-,43-,44-;/m0./s1. The van der Waals surface area contributed by atoms with Crippen molar-refractivity contribution in [2.24, 2.45) is 17.8 Å². The number of benzene rings is 3. The highest BCUT2D eigenvalue weighted by molar-refractivity contribution is 5.98. The molecular formula is C52H66F3N7O12. The Hall–Kier alpha value is -7.78. The Kier molecular flexibility index (Phi) is 23.3. The predicted octanol–water partition coefficient (Wildman–Crippen LogP) is 4.88. The van der Waals surface area contributed by atoms with E-state index >= 15 is 0 Å². The van der Waals surface area contributed by atoms with Gasteiger partial charge in [0.05, 0.1) is 6.42 Å². The number of carbonyl (C=O) groups is 9. The number of aliphatic carboxylic acids is 3. The molecule has 0 aliphatic heterocycles. The summed E-state index contributed by atoms with van der Waals surface area (Å²) in [5.74, 6) is -11.3. The monoisotopic (exact) mass is 1040 g/mol. The molecule has 19 nitrogen and oxygen atoms in total. The van der Waals surface area contributed by atoms with E-state index in [1.54, 1.807) is 47.7 Å². The number of para-hydroxylation sites is 1. The van der Waals surface area contributed by atoms with Crippen LogP contribution in [0, 0.1) is 17.8 Å². The molecule has 8 atom stereocenters. The topological polar surface area (TPSA) is 302 Å². The van der Waals surface area contributed by atoms with Crippen LogP contribution in [0.15, 0.2) is 85.1 Å². The van der Waals surface area contributed by atoms with Gasteiger partial charge in [0, 0.05) is 36.9 Å². The summed E-state index contributed by atoms with van der Waals surface area (Å²) in [6.07, 6.45) is -3.40. The van der Waals surface area contributed by atoms with E-state index in [1.165, 1.54) is 6.92 Å². The average Bonchev–Trinajstić information content (AvgIpc) is 3.75. The molecule has 0 spiro atoms. The van der Waals surface area contributed by atoms with Crippen LogP contribution >= 0.6 is 0 Å². The number of alkyl halides is 3. The van der Waals surface area contributed by atoms with Crippen molar-refractivity contribution in [3.63, 3.8) is 0 Å². The molecule has 74 heavy (non-hydrogen) atoms. The second-order valence-electron chi connectivity index (χ2n) is 18.4. The van der Waals surface area contributed by atoms with Crippen LogP contribution in [0.2, 0.25) is 0 Å². The van der Waals surface area contributed by atoms with E-state index in [2.05, 4.69) is 36.9 Å². The number of carboxylic acids is 3. The van der Waals surface area contributed by atoms with Crippen molar-refractivity contribution in [2.45, 2.75) is 129 Å². The van der Waals surface area contributed by atoms with Gasteiger partial charge in [-0.25, -0.2) is 9.59 Å². The van der Waals surface area contributed by atoms with E-state index < -0.39 is 114 Å². The molecule has 4 aromatic rings. The number of aromatic nitrogens is 1. The summed E-state index contributed by atoms with van der Waals surface area (Å²) in [5, 5.41) is 43.6. The van der Waals surface area contributed by atoms with Crippen LogP contribution < -0.4 is 31.9 Å². The van der Waals surface area contributed by atoms with Gasteiger partial charge in [0.2, 0.25) is 35.4 Å². The third-order valence-corrected chi connectivity index (χ3v) is 12.1. The molecule has 0 fully saturated rings. The van der Waals surface area contributed by atoms with Gasteiger partial charge >= 0.3 is 24.1 Å². The Morgan fingerprint density at radius 3 is 1.55 bits per heavy atom. The normalized spacial score (nSPS) is 14.5. The van der Waals surface area contributed by atoms with Crippen molar-refractivity contribution in [3.8, 4) is 11.1 Å². The van der Waals surface area contributed by atoms with Gasteiger partial charge < -0.3 is 52.2 Å². The van der Waals surface area contributed by atoms with Gasteiger partial charge in [-0.1, -0.05) is 127 Å². The van der Waals surface area contributed by atoms with Crippen LogP contribution in [0.25, 0.3) is 22.0 Å². The van der Waals surface area contributed by atoms with Crippen molar-refractivity contribution < 1.29 is 71.6 Å². The lowest BCUT2D eigenvalue weighted by Gasteiger charge is -2.30. The fraction of sp³-hybridized carbons (Fsp3) is 0.442. The number of carboxylic acid groups (broad SMARTS) is 3. The Bertz CT molecular complexity index is 2570. The maximum Gasteiger partial charge on any atom is 0.490 e. The molecule has 0 bridgehead atoms. The number of H-pyrrole nitrogens is 1. The summed E-state index contributed by atoms with van der Waals surface area (Å²) >= 11 is 0. The number of nitrogens with one attached hydrogen (secondary N) is 7. The average molecular weight is 1040 g/mol. The van der Waals surface area contributed by atoms with Crippen LogP contribution in [0.5, 0.6) is 0 Å². The van der Waals surface area contributed by atoms with E-state index in [0.717, 1.165) is 27.6 Å². The second kappa shape index (κ2) is 28.5. The molecule has 0 aliphatic rings. The van der Waals surface area contributed by atoms with E-state index in [-0.39, 0.29) is 25.2 Å². The van der Waals surface area contributed by atoms with Gasteiger partial charge in [0.25, 0.3) is 0 Å². The van der Waals surface area contributed by atoms with Crippen molar-refractivity contribution in [3.05, 3.63) is 96.2 Å². The van der Waals surface area contributed by atoms with Crippen molar-refractivity contribution in [1.82, 2.24) is 36.9 Å². The van der Waals surface area contributed by atoms with Crippen molar-refractivity contribution in [2.75, 3.05) is 0 Å². The third-order valence-electron chi connectivity index (χ3n) is 12.1. The summed E-state index contributed by atoms with van der Waals surface area (Å²) in [7, 11) is 0. The number of rotatable bonds is 25. The maximum absolute atomic E-state index is 14.1. The third kappa shape index (κ3) is 19.0. The zero-order chi connectivity index (χ0) is 55.4. The molecule has 0 aliphatic carbocycles. The fourth-order valence-corrected chi connectivity index (χ4v) is 7.67. The van der Waals surface area contributed by atoms with Crippen LogP contribution in [0.4, 0.5) is 13.2 Å². The number of aromatic amines is 1. The second-order valence-corrected chi connectivity index (χ2v) is 18.4. The molecule has 0 saturated heterocycles. The zero-order valence-corrected chi connectivity index (χ0v) is 42.2. The summed E-state index contributed by atoms with van der Waals surface area (Å²) in [5.41, 5.74) is 4.16. The molecule has 6 amide bonds. The minimum atomic E-state index is -5.08. The summed E-state index contributed by atoms with van der Waals surface area (Å²) in [6, 6.07) is 16.6. The van der Waals surface area contributed by atoms with Crippen LogP contribution in [-0.4, -0.2) is 116 Å². The SMILES string of the molecule is CC[C@H](C)[C@H](NC(=O)[C@H](CC(=O)O)NC(=O)[C@H](CC(C)C)NC(=O)[C@@H](Cc1ccc(-c2ccccc2)cc1)NC(C)=O)C(=O)N[C@H](C(=O)N[C@@H](Cc1c[nH]c2ccccc12)C(=O)O)[C@@H](C)CC.O=C(O)C(F)(F)F. The van der Waals surface area contributed by atoms with Gasteiger partial charge in [-0.05, 0) is 52.5 Å². The van der Waals surface area contributed by atoms with E-state index in [4.69, 9.17) is 9.90 Å². The highest BCUT2D eigenvalue weighted by Crippen LogP contribution is 2.22. The molecular weight excluding hydrogens is 972 g/mol. The first-order valence-corrected chi connectivity index (χ1v) is 24.0. The highest BCUT2D eigenvalue weighted by Gasteiger charge is 2.39. The summed E-state index contributed by atoms with van der Waals surface area (Å²) < 4.78 is 31.7. The Morgan fingerprint density at radius 1 is 0.568 bits per heavy atom. The number of amides is 6. The number of hydrogen-bond donors (Lipinski definition) is 10. The Balaban J connectivity index is 0.00000192. The lowest BCUT2D eigenvalue weighted by Crippen LogP contribution is -2.61. The Labute approximate surface area is 426 Å². The largest absolute Gasteiger partial charge is 0.490 e. The van der Waals surface area contributed by atoms with Gasteiger partial charge in [-0.3, -0.25) is 33.6 Å². The van der Waals surface area contributed by atoms with Gasteiger partial charge in [0.15, 0.2) is 0 Å². The Morgan fingerprint density at radius 2 is 1.04 bits per heavy atom. The molecule has 402 valence electrons. The molecule has 3 aromatic carbocycles. The van der Waals surface area contributed by atoms with E-state index in [9.17, 15) is 61.7 Å². The number of halogens is 3. The molecule has 0 radical (unpaired) electrons. The fourth-order valence-electron chi connectivity index (χ4n) is 7.67. The molecule has 10 N–H and O–H groups in total. The highest BCUT2D eigenvalue weighted by atomic mass is 19.4. The smallest absolute Gasteiger partial charge is 0.481 e. The number of fused-ring (bicyclic) bond motifs is 1. The quantitative estimate of drug-likeness (QED) is 0.0425. The minimum absolute atomic E-state index is 0.0456. The molecule has 4 rings (SSSR count).